The van der Waals surface area contributed by atoms with Gasteiger partial charge < -0.3 is 9.47 Å². The van der Waals surface area contributed by atoms with Crippen molar-refractivity contribution in [3.63, 3.8) is 0 Å². The fraction of sp³-hybridized carbons (Fsp3) is 0.167. The summed E-state index contributed by atoms with van der Waals surface area (Å²) in [5.74, 6) is 1.27. The molecule has 0 saturated heterocycles. The van der Waals surface area contributed by atoms with Crippen LogP contribution in [0.4, 0.5) is 0 Å². The Morgan fingerprint density at radius 1 is 1.12 bits per heavy atom. The number of benzene rings is 2. The molecule has 0 heterocycles. The van der Waals surface area contributed by atoms with Crippen molar-refractivity contribution < 1.29 is 13.7 Å². The van der Waals surface area contributed by atoms with Crippen LogP contribution in [0.15, 0.2) is 35.2 Å². The van der Waals surface area contributed by atoms with Crippen LogP contribution in [0.1, 0.15) is 0 Å². The second kappa shape index (κ2) is 4.94. The normalized spacial score (nSPS) is 12.4. The zero-order valence-electron chi connectivity index (χ0n) is 9.40. The molecule has 0 aromatic heterocycles. The summed E-state index contributed by atoms with van der Waals surface area (Å²) in [6.07, 6.45) is 0. The predicted octanol–water partition coefficient (Wildman–Crippen LogP) is 3.12. The molecule has 0 saturated carbocycles. The van der Waals surface area contributed by atoms with E-state index in [1.165, 1.54) is 7.11 Å². The summed E-state index contributed by atoms with van der Waals surface area (Å²) in [5.41, 5.74) is 0. The second-order valence-corrected chi connectivity index (χ2v) is 5.10. The molecule has 90 valence electrons. The Morgan fingerprint density at radius 2 is 1.88 bits per heavy atom. The van der Waals surface area contributed by atoms with Crippen LogP contribution in [-0.2, 0) is 10.0 Å². The molecule has 2 aromatic rings. The Bertz CT molecular complexity index is 583. The SMILES string of the molecule is COc1ccc2c(S(=O)Cl)c(OC)ccc2c1. The Kier molecular flexibility index (Phi) is 3.54. The Morgan fingerprint density at radius 3 is 2.47 bits per heavy atom. The van der Waals surface area contributed by atoms with Crippen LogP contribution < -0.4 is 9.47 Å². The summed E-state index contributed by atoms with van der Waals surface area (Å²) >= 11 is 0. The van der Waals surface area contributed by atoms with Gasteiger partial charge in [0, 0.05) is 5.39 Å². The topological polar surface area (TPSA) is 35.5 Å². The molecule has 0 N–H and O–H groups in total. The minimum atomic E-state index is -1.62. The van der Waals surface area contributed by atoms with Gasteiger partial charge in [0.05, 0.1) is 14.2 Å². The summed E-state index contributed by atoms with van der Waals surface area (Å²) in [4.78, 5) is 0.495. The summed E-state index contributed by atoms with van der Waals surface area (Å²) in [6.45, 7) is 0. The van der Waals surface area contributed by atoms with Crippen molar-refractivity contribution in [1.82, 2.24) is 0 Å². The molecule has 17 heavy (non-hydrogen) atoms. The zero-order valence-corrected chi connectivity index (χ0v) is 11.0. The van der Waals surface area contributed by atoms with E-state index in [1.54, 1.807) is 19.2 Å². The maximum Gasteiger partial charge on any atom is 0.151 e. The molecule has 0 spiro atoms. The minimum Gasteiger partial charge on any atom is -0.497 e. The molecule has 3 nitrogen and oxygen atoms in total. The summed E-state index contributed by atoms with van der Waals surface area (Å²) < 4.78 is 21.9. The van der Waals surface area contributed by atoms with Crippen molar-refractivity contribution in [2.75, 3.05) is 14.2 Å². The molecule has 1 atom stereocenters. The van der Waals surface area contributed by atoms with Crippen LogP contribution in [0.3, 0.4) is 0 Å². The molecule has 0 aliphatic rings. The molecule has 2 aromatic carbocycles. The third-order valence-electron chi connectivity index (χ3n) is 2.52. The van der Waals surface area contributed by atoms with Crippen LogP contribution in [0, 0.1) is 0 Å². The summed E-state index contributed by atoms with van der Waals surface area (Å²) in [7, 11) is 7.21. The molecule has 0 aliphatic carbocycles. The Balaban J connectivity index is 2.77. The summed E-state index contributed by atoms with van der Waals surface area (Å²) in [5, 5.41) is 1.72. The highest BCUT2D eigenvalue weighted by atomic mass is 35.7. The molecule has 0 amide bonds. The Labute approximate surface area is 106 Å². The van der Waals surface area contributed by atoms with Gasteiger partial charge in [0.15, 0.2) is 10.0 Å². The van der Waals surface area contributed by atoms with Crippen LogP contribution >= 0.6 is 10.7 Å². The third-order valence-corrected chi connectivity index (χ3v) is 3.73. The Hall–Kier alpha value is -1.26. The first kappa shape index (κ1) is 12.2. The maximum atomic E-state index is 11.6. The number of hydrogen-bond acceptors (Lipinski definition) is 3. The highest BCUT2D eigenvalue weighted by Crippen LogP contribution is 2.33. The van der Waals surface area contributed by atoms with E-state index in [-0.39, 0.29) is 0 Å². The van der Waals surface area contributed by atoms with Gasteiger partial charge in [-0.2, -0.15) is 0 Å². The third kappa shape index (κ3) is 2.23. The molecule has 0 bridgehead atoms. The average Bonchev–Trinajstić information content (AvgIpc) is 2.36. The number of fused-ring (bicyclic) bond motifs is 1. The minimum absolute atomic E-state index is 0.495. The monoisotopic (exact) mass is 270 g/mol. The standard InChI is InChI=1S/C12H11ClO3S/c1-15-9-4-5-10-8(7-9)3-6-11(16-2)12(10)17(13)14/h3-7H,1-2H3. The van der Waals surface area contributed by atoms with Gasteiger partial charge in [0.2, 0.25) is 0 Å². The fourth-order valence-electron chi connectivity index (χ4n) is 1.71. The predicted molar refractivity (Wildman–Crippen MR) is 69.3 cm³/mol. The lowest BCUT2D eigenvalue weighted by Crippen LogP contribution is -1.93. The van der Waals surface area contributed by atoms with E-state index >= 15 is 0 Å². The molecular formula is C12H11ClO3S. The zero-order chi connectivity index (χ0) is 12.4. The molecule has 2 rings (SSSR count). The van der Waals surface area contributed by atoms with E-state index in [9.17, 15) is 4.21 Å². The van der Waals surface area contributed by atoms with Crippen molar-refractivity contribution in [2.45, 2.75) is 4.90 Å². The van der Waals surface area contributed by atoms with E-state index in [2.05, 4.69) is 0 Å². The van der Waals surface area contributed by atoms with Crippen LogP contribution in [0.2, 0.25) is 0 Å². The number of hydrogen-bond donors (Lipinski definition) is 0. The number of methoxy groups -OCH3 is 2. The largest absolute Gasteiger partial charge is 0.497 e. The molecule has 1 unspecified atom stereocenters. The van der Waals surface area contributed by atoms with Crippen molar-refractivity contribution >= 4 is 31.5 Å². The second-order valence-electron chi connectivity index (χ2n) is 3.41. The van der Waals surface area contributed by atoms with Gasteiger partial charge in [0.1, 0.15) is 16.4 Å². The van der Waals surface area contributed by atoms with Crippen LogP contribution in [0.5, 0.6) is 11.5 Å². The molecule has 5 heteroatoms. The highest BCUT2D eigenvalue weighted by molar-refractivity contribution is 8.08. The van der Waals surface area contributed by atoms with Crippen LogP contribution in [0.25, 0.3) is 10.8 Å². The highest BCUT2D eigenvalue weighted by Gasteiger charge is 2.13. The molecule has 0 fully saturated rings. The van der Waals surface area contributed by atoms with Gasteiger partial charge in [0.25, 0.3) is 0 Å². The van der Waals surface area contributed by atoms with E-state index in [1.807, 2.05) is 18.2 Å². The lowest BCUT2D eigenvalue weighted by Gasteiger charge is -2.09. The number of ether oxygens (including phenoxy) is 2. The van der Waals surface area contributed by atoms with Gasteiger partial charge in [-0.05, 0) is 40.3 Å². The van der Waals surface area contributed by atoms with E-state index in [4.69, 9.17) is 20.2 Å². The number of rotatable bonds is 3. The van der Waals surface area contributed by atoms with Crippen molar-refractivity contribution in [3.05, 3.63) is 30.3 Å². The average molecular weight is 271 g/mol. The smallest absolute Gasteiger partial charge is 0.151 e. The van der Waals surface area contributed by atoms with Gasteiger partial charge in [-0.3, -0.25) is 0 Å². The van der Waals surface area contributed by atoms with Gasteiger partial charge >= 0.3 is 0 Å². The van der Waals surface area contributed by atoms with Crippen molar-refractivity contribution in [2.24, 2.45) is 0 Å². The molecule has 0 aliphatic heterocycles. The maximum absolute atomic E-state index is 11.6. The van der Waals surface area contributed by atoms with Gasteiger partial charge in [-0.1, -0.05) is 6.07 Å². The van der Waals surface area contributed by atoms with Gasteiger partial charge in [-0.25, -0.2) is 4.21 Å². The van der Waals surface area contributed by atoms with E-state index < -0.39 is 10.0 Å². The van der Waals surface area contributed by atoms with Crippen molar-refractivity contribution in [3.8, 4) is 11.5 Å². The first-order valence-electron chi connectivity index (χ1n) is 4.90. The fourth-order valence-corrected chi connectivity index (χ4v) is 2.86. The quantitative estimate of drug-likeness (QED) is 0.804. The van der Waals surface area contributed by atoms with E-state index in [0.29, 0.717) is 10.6 Å². The van der Waals surface area contributed by atoms with Crippen molar-refractivity contribution in [1.29, 1.82) is 0 Å². The van der Waals surface area contributed by atoms with Gasteiger partial charge in [-0.15, -0.1) is 0 Å². The molecule has 0 radical (unpaired) electrons. The number of halogens is 1. The summed E-state index contributed by atoms with van der Waals surface area (Å²) in [6, 6.07) is 9.12. The first-order valence-corrected chi connectivity index (χ1v) is 6.87. The first-order chi connectivity index (χ1) is 8.17. The van der Waals surface area contributed by atoms with Crippen LogP contribution in [-0.4, -0.2) is 18.4 Å². The van der Waals surface area contributed by atoms with E-state index in [0.717, 1.165) is 16.5 Å². The molecular weight excluding hydrogens is 260 g/mol. The lowest BCUT2D eigenvalue weighted by atomic mass is 10.1. The lowest BCUT2D eigenvalue weighted by molar-refractivity contribution is 0.405.